The summed E-state index contributed by atoms with van der Waals surface area (Å²) in [5, 5.41) is 84.6. The predicted octanol–water partition coefficient (Wildman–Crippen LogP) is -2.45. The Morgan fingerprint density at radius 2 is 1.70 bits per heavy atom. The Morgan fingerprint density at radius 3 is 2.30 bits per heavy atom. The third kappa shape index (κ3) is 8.77. The lowest BCUT2D eigenvalue weighted by atomic mass is 9.69. The molecule has 1 saturated carbocycles. The van der Waals surface area contributed by atoms with Gasteiger partial charge >= 0.3 is 6.09 Å². The molecule has 2 saturated heterocycles. The van der Waals surface area contributed by atoms with E-state index in [1.54, 1.807) is 34.7 Å². The molecule has 3 fully saturated rings. The molecular formula is C29H55N3O12. The molecule has 2 aliphatic heterocycles. The largest absolute Gasteiger partial charge is 0.444 e. The molecule has 0 aromatic heterocycles. The van der Waals surface area contributed by atoms with Crippen molar-refractivity contribution in [2.75, 3.05) is 26.7 Å². The van der Waals surface area contributed by atoms with Crippen molar-refractivity contribution in [3.63, 3.8) is 0 Å². The maximum absolute atomic E-state index is 12.0. The highest BCUT2D eigenvalue weighted by molar-refractivity contribution is 5.67. The lowest BCUT2D eigenvalue weighted by Crippen LogP contribution is -2.68. The molecular weight excluding hydrogens is 582 g/mol. The summed E-state index contributed by atoms with van der Waals surface area (Å²) in [5.41, 5.74) is -2.10. The van der Waals surface area contributed by atoms with Gasteiger partial charge in [0.25, 0.3) is 0 Å². The Hall–Kier alpha value is -1.21. The van der Waals surface area contributed by atoms with Gasteiger partial charge in [0.15, 0.2) is 6.29 Å². The van der Waals surface area contributed by atoms with E-state index in [0.717, 1.165) is 0 Å². The highest BCUT2D eigenvalue weighted by Crippen LogP contribution is 2.41. The Kier molecular flexibility index (Phi) is 12.8. The molecule has 15 nitrogen and oxygen atoms in total. The van der Waals surface area contributed by atoms with E-state index in [1.807, 2.05) is 6.92 Å². The number of ether oxygens (including phenoxy) is 4. The van der Waals surface area contributed by atoms with Crippen LogP contribution < -0.4 is 16.0 Å². The fourth-order valence-corrected chi connectivity index (χ4v) is 6.61. The minimum atomic E-state index is -1.49. The predicted molar refractivity (Wildman–Crippen MR) is 156 cm³/mol. The van der Waals surface area contributed by atoms with Gasteiger partial charge in [-0.25, -0.2) is 4.79 Å². The number of nitrogens with one attached hydrogen (secondary N) is 3. The molecule has 0 spiro atoms. The van der Waals surface area contributed by atoms with Gasteiger partial charge < -0.3 is 70.6 Å². The highest BCUT2D eigenvalue weighted by Gasteiger charge is 2.55. The molecule has 1 amide bonds. The third-order valence-corrected chi connectivity index (χ3v) is 8.87. The topological polar surface area (TPSA) is 232 Å². The lowest BCUT2D eigenvalue weighted by molar-refractivity contribution is -0.306. The molecule has 1 aliphatic carbocycles. The molecule has 0 aromatic rings. The van der Waals surface area contributed by atoms with Crippen LogP contribution in [0.5, 0.6) is 0 Å². The Morgan fingerprint density at radius 1 is 1.05 bits per heavy atom. The molecule has 3 rings (SSSR count). The average Bonchev–Trinajstić information content (AvgIpc) is 2.92. The average molecular weight is 638 g/mol. The fraction of sp³-hybridized carbons (Fsp3) is 0.966. The van der Waals surface area contributed by atoms with Gasteiger partial charge in [0.05, 0.1) is 37.1 Å². The number of rotatable bonds is 10. The van der Waals surface area contributed by atoms with Gasteiger partial charge in [-0.15, -0.1) is 0 Å². The Labute approximate surface area is 259 Å². The second-order valence-electron chi connectivity index (χ2n) is 13.7. The van der Waals surface area contributed by atoms with Crippen molar-refractivity contribution in [2.45, 2.75) is 139 Å². The van der Waals surface area contributed by atoms with Gasteiger partial charge in [0.2, 0.25) is 0 Å². The smallest absolute Gasteiger partial charge is 0.407 e. The summed E-state index contributed by atoms with van der Waals surface area (Å²) < 4.78 is 23.2. The first-order valence-electron chi connectivity index (χ1n) is 15.5. The lowest BCUT2D eigenvalue weighted by Gasteiger charge is -2.52. The third-order valence-electron chi connectivity index (χ3n) is 8.87. The zero-order chi connectivity index (χ0) is 33.1. The number of amides is 1. The van der Waals surface area contributed by atoms with Crippen LogP contribution in [0.1, 0.15) is 54.4 Å². The summed E-state index contributed by atoms with van der Waals surface area (Å²) in [6.45, 7) is 10.1. The van der Waals surface area contributed by atoms with Crippen LogP contribution in [0.3, 0.4) is 0 Å². The van der Waals surface area contributed by atoms with Crippen molar-refractivity contribution in [3.05, 3.63) is 0 Å². The zero-order valence-corrected chi connectivity index (χ0v) is 26.8. The summed E-state index contributed by atoms with van der Waals surface area (Å²) >= 11 is 0. The fourth-order valence-electron chi connectivity index (χ4n) is 6.61. The number of carbonyl (C=O) groups is 1. The number of hydrogen-bond donors (Lipinski definition) is 10. The zero-order valence-electron chi connectivity index (χ0n) is 26.8. The summed E-state index contributed by atoms with van der Waals surface area (Å²) in [7, 11) is 1.58. The van der Waals surface area contributed by atoms with E-state index in [9.17, 15) is 40.5 Å². The summed E-state index contributed by atoms with van der Waals surface area (Å²) in [6.07, 6.45) is -12.0. The number of likely N-dealkylation sites (N-methyl/N-ethyl adjacent to an activating group) is 1. The summed E-state index contributed by atoms with van der Waals surface area (Å²) in [6, 6.07) is -1.41. The minimum Gasteiger partial charge on any atom is -0.444 e. The highest BCUT2D eigenvalue weighted by atomic mass is 16.7. The van der Waals surface area contributed by atoms with E-state index in [0.29, 0.717) is 12.8 Å². The van der Waals surface area contributed by atoms with Gasteiger partial charge in [-0.1, -0.05) is 13.8 Å². The monoisotopic (exact) mass is 637 g/mol. The van der Waals surface area contributed by atoms with Crippen LogP contribution in [0.4, 0.5) is 4.79 Å². The van der Waals surface area contributed by atoms with Crippen molar-refractivity contribution in [3.8, 4) is 0 Å². The number of alkyl carbamates (subject to hydrolysis) is 1. The standard InChI is InChI=1S/C29H55N3O12/c1-8-16-18(34)20(36)21(37)24(42-16)17-13(2)9-15(31-10-14(33)11-32-27(39)44-28(3,4)5)23(19(17)35)43-26-22(38)25(30-7)29(6,40)12-41-26/h13-26,30-31,33-38,40H,8-12H2,1-7H3,(H,32,39). The van der Waals surface area contributed by atoms with Crippen molar-refractivity contribution in [1.82, 2.24) is 16.0 Å². The molecule has 258 valence electrons. The van der Waals surface area contributed by atoms with Crippen LogP contribution >= 0.6 is 0 Å². The Balaban J connectivity index is 1.80. The molecule has 3 aliphatic rings. The van der Waals surface area contributed by atoms with Crippen molar-refractivity contribution < 1.29 is 59.5 Å². The van der Waals surface area contributed by atoms with Crippen LogP contribution in [0.15, 0.2) is 0 Å². The van der Waals surface area contributed by atoms with E-state index in [4.69, 9.17) is 18.9 Å². The Bertz CT molecular complexity index is 921. The van der Waals surface area contributed by atoms with Crippen LogP contribution in [-0.2, 0) is 18.9 Å². The molecule has 0 aromatic carbocycles. The van der Waals surface area contributed by atoms with E-state index >= 15 is 0 Å². The number of carbonyl (C=O) groups excluding carboxylic acids is 1. The van der Waals surface area contributed by atoms with E-state index < -0.39 is 96.5 Å². The maximum atomic E-state index is 12.0. The van der Waals surface area contributed by atoms with E-state index in [-0.39, 0.29) is 25.6 Å². The van der Waals surface area contributed by atoms with E-state index in [1.165, 1.54) is 6.92 Å². The van der Waals surface area contributed by atoms with Crippen LogP contribution in [0, 0.1) is 11.8 Å². The first kappa shape index (κ1) is 37.2. The first-order valence-corrected chi connectivity index (χ1v) is 15.5. The van der Waals surface area contributed by atoms with Crippen LogP contribution in [0.25, 0.3) is 0 Å². The molecule has 2 heterocycles. The van der Waals surface area contributed by atoms with Gasteiger partial charge in [-0.3, -0.25) is 0 Å². The number of aliphatic hydroxyl groups excluding tert-OH is 6. The van der Waals surface area contributed by atoms with Crippen molar-refractivity contribution in [1.29, 1.82) is 0 Å². The normalized spacial score (nSPS) is 44.2. The molecule has 0 bridgehead atoms. The molecule has 0 radical (unpaired) electrons. The molecule has 15 heteroatoms. The number of aliphatic hydroxyl groups is 7. The van der Waals surface area contributed by atoms with Crippen LogP contribution in [-0.4, -0.2) is 153 Å². The number of hydrogen-bond acceptors (Lipinski definition) is 14. The SMILES string of the molecule is CCC1OC(C2C(C)CC(NCC(O)CNC(=O)OC(C)(C)C)C(OC3OCC(C)(O)C(NC)C3O)C2O)C(O)C(O)C1O. The van der Waals surface area contributed by atoms with Crippen LogP contribution in [0.2, 0.25) is 0 Å². The summed E-state index contributed by atoms with van der Waals surface area (Å²) in [4.78, 5) is 12.0. The first-order chi connectivity index (χ1) is 20.4. The van der Waals surface area contributed by atoms with Gasteiger partial charge in [-0.2, -0.15) is 0 Å². The van der Waals surface area contributed by atoms with Gasteiger partial charge in [0.1, 0.15) is 41.7 Å². The molecule has 44 heavy (non-hydrogen) atoms. The molecule has 15 atom stereocenters. The van der Waals surface area contributed by atoms with Crippen molar-refractivity contribution in [2.24, 2.45) is 11.8 Å². The maximum Gasteiger partial charge on any atom is 0.407 e. The summed E-state index contributed by atoms with van der Waals surface area (Å²) in [5.74, 6) is -1.06. The molecule has 15 unspecified atom stereocenters. The van der Waals surface area contributed by atoms with Gasteiger partial charge in [-0.05, 0) is 53.5 Å². The van der Waals surface area contributed by atoms with E-state index in [2.05, 4.69) is 16.0 Å². The van der Waals surface area contributed by atoms with Gasteiger partial charge in [0, 0.05) is 25.0 Å². The minimum absolute atomic E-state index is 0.00225. The second kappa shape index (κ2) is 15.1. The van der Waals surface area contributed by atoms with Crippen molar-refractivity contribution >= 4 is 6.09 Å². The molecule has 10 N–H and O–H groups in total. The quantitative estimate of drug-likeness (QED) is 0.120. The second-order valence-corrected chi connectivity index (χ2v) is 13.7.